The van der Waals surface area contributed by atoms with Gasteiger partial charge in [0, 0.05) is 30.3 Å². The number of benzene rings is 1. The van der Waals surface area contributed by atoms with E-state index in [2.05, 4.69) is 40.2 Å². The second kappa shape index (κ2) is 9.17. The van der Waals surface area contributed by atoms with Gasteiger partial charge in [0.05, 0.1) is 12.3 Å². The zero-order valence-corrected chi connectivity index (χ0v) is 18.0. The van der Waals surface area contributed by atoms with Gasteiger partial charge >= 0.3 is 0 Å². The summed E-state index contributed by atoms with van der Waals surface area (Å²) in [5, 5.41) is 9.72. The minimum absolute atomic E-state index is 0.493. The minimum Gasteiger partial charge on any atom is -0.493 e. The predicted octanol–water partition coefficient (Wildman–Crippen LogP) is 5.11. The molecule has 154 valence electrons. The molecule has 0 radical (unpaired) electrons. The highest BCUT2D eigenvalue weighted by Crippen LogP contribution is 2.27. The normalized spacial score (nSPS) is 11.3. The van der Waals surface area contributed by atoms with Crippen molar-refractivity contribution in [1.29, 1.82) is 0 Å². The van der Waals surface area contributed by atoms with E-state index in [-0.39, 0.29) is 0 Å². The van der Waals surface area contributed by atoms with Crippen LogP contribution in [0, 0.1) is 5.92 Å². The average Bonchev–Trinajstić information content (AvgIpc) is 3.35. The molecule has 0 amide bonds. The van der Waals surface area contributed by atoms with E-state index in [1.54, 1.807) is 11.8 Å². The number of hydrogen-bond acceptors (Lipinski definition) is 5. The van der Waals surface area contributed by atoms with E-state index in [9.17, 15) is 0 Å². The van der Waals surface area contributed by atoms with Crippen LogP contribution in [0.2, 0.25) is 0 Å². The van der Waals surface area contributed by atoms with Gasteiger partial charge in [0.15, 0.2) is 11.0 Å². The van der Waals surface area contributed by atoms with Gasteiger partial charge in [0.2, 0.25) is 0 Å². The number of ether oxygens (including phenoxy) is 1. The lowest BCUT2D eigenvalue weighted by atomic mass is 10.2. The summed E-state index contributed by atoms with van der Waals surface area (Å²) in [6.45, 7) is 9.51. The first-order valence-electron chi connectivity index (χ1n) is 9.97. The topological polar surface area (TPSA) is 57.2 Å². The number of rotatable bonds is 9. The maximum atomic E-state index is 5.78. The third-order valence-corrected chi connectivity index (χ3v) is 5.49. The fourth-order valence-corrected chi connectivity index (χ4v) is 3.89. The van der Waals surface area contributed by atoms with Gasteiger partial charge in [0.1, 0.15) is 11.4 Å². The van der Waals surface area contributed by atoms with Gasteiger partial charge in [-0.25, -0.2) is 4.98 Å². The molecule has 1 aromatic carbocycles. The van der Waals surface area contributed by atoms with Gasteiger partial charge in [0.25, 0.3) is 0 Å². The van der Waals surface area contributed by atoms with Crippen LogP contribution in [-0.2, 0) is 12.3 Å². The molecule has 7 heteroatoms. The molecule has 3 aromatic heterocycles. The van der Waals surface area contributed by atoms with Crippen molar-refractivity contribution in [2.24, 2.45) is 5.92 Å². The second-order valence-electron chi connectivity index (χ2n) is 7.42. The van der Waals surface area contributed by atoms with E-state index in [4.69, 9.17) is 4.74 Å². The molecule has 3 heterocycles. The van der Waals surface area contributed by atoms with Gasteiger partial charge in [-0.05, 0) is 42.3 Å². The molecule has 0 saturated carbocycles. The SMILES string of the molecule is C=CCn1c(SCc2cn3ccccc3n2)nnc1-c1ccc(OCC(C)C)cc1. The summed E-state index contributed by atoms with van der Waals surface area (Å²) < 4.78 is 9.89. The largest absolute Gasteiger partial charge is 0.493 e. The number of aromatic nitrogens is 5. The molecule has 0 aliphatic heterocycles. The van der Waals surface area contributed by atoms with Crippen LogP contribution in [0.4, 0.5) is 0 Å². The molecule has 0 atom stereocenters. The Hall–Kier alpha value is -3.06. The summed E-state index contributed by atoms with van der Waals surface area (Å²) in [5.74, 6) is 2.90. The van der Waals surface area contributed by atoms with E-state index in [1.165, 1.54) is 0 Å². The summed E-state index contributed by atoms with van der Waals surface area (Å²) in [7, 11) is 0. The van der Waals surface area contributed by atoms with Crippen molar-refractivity contribution >= 4 is 17.4 Å². The fraction of sp³-hybridized carbons (Fsp3) is 0.261. The van der Waals surface area contributed by atoms with Gasteiger partial charge in [-0.3, -0.25) is 4.57 Å². The molecule has 6 nitrogen and oxygen atoms in total. The van der Waals surface area contributed by atoms with E-state index < -0.39 is 0 Å². The summed E-state index contributed by atoms with van der Waals surface area (Å²) in [5.41, 5.74) is 2.95. The van der Waals surface area contributed by atoms with Gasteiger partial charge < -0.3 is 9.14 Å². The van der Waals surface area contributed by atoms with Crippen LogP contribution in [0.25, 0.3) is 17.0 Å². The van der Waals surface area contributed by atoms with Crippen LogP contribution in [-0.4, -0.2) is 30.8 Å². The van der Waals surface area contributed by atoms with E-state index in [0.717, 1.165) is 39.4 Å². The van der Waals surface area contributed by atoms with Crippen LogP contribution in [0.15, 0.2) is 72.7 Å². The van der Waals surface area contributed by atoms with E-state index in [0.29, 0.717) is 19.1 Å². The molecule has 4 rings (SSSR count). The van der Waals surface area contributed by atoms with Crippen molar-refractivity contribution < 1.29 is 4.74 Å². The zero-order valence-electron chi connectivity index (χ0n) is 17.2. The number of fused-ring (bicyclic) bond motifs is 1. The number of thioether (sulfide) groups is 1. The first-order chi connectivity index (χ1) is 14.6. The average molecular weight is 420 g/mol. The van der Waals surface area contributed by atoms with Crippen molar-refractivity contribution in [3.05, 3.63) is 73.2 Å². The smallest absolute Gasteiger partial charge is 0.192 e. The number of hydrogen-bond donors (Lipinski definition) is 0. The van der Waals surface area contributed by atoms with Crippen molar-refractivity contribution in [3.63, 3.8) is 0 Å². The van der Waals surface area contributed by atoms with Crippen LogP contribution in [0.3, 0.4) is 0 Å². The third kappa shape index (κ3) is 4.57. The van der Waals surface area contributed by atoms with Crippen molar-refractivity contribution in [3.8, 4) is 17.1 Å². The molecule has 0 bridgehead atoms. The number of imidazole rings is 1. The molecule has 0 fully saturated rings. The van der Waals surface area contributed by atoms with Crippen LogP contribution in [0.5, 0.6) is 5.75 Å². The highest BCUT2D eigenvalue weighted by molar-refractivity contribution is 7.98. The maximum Gasteiger partial charge on any atom is 0.192 e. The Labute approximate surface area is 180 Å². The van der Waals surface area contributed by atoms with Gasteiger partial charge in [-0.2, -0.15) is 0 Å². The Morgan fingerprint density at radius 1 is 1.13 bits per heavy atom. The first-order valence-corrected chi connectivity index (χ1v) is 11.0. The molecule has 0 N–H and O–H groups in total. The molecule has 30 heavy (non-hydrogen) atoms. The molecule has 0 aliphatic rings. The second-order valence-corrected chi connectivity index (χ2v) is 8.36. The molecule has 0 saturated heterocycles. The Kier molecular flexibility index (Phi) is 6.18. The molecular formula is C23H25N5OS. The lowest BCUT2D eigenvalue weighted by Crippen LogP contribution is -2.04. The summed E-state index contributed by atoms with van der Waals surface area (Å²) in [4.78, 5) is 4.66. The van der Waals surface area contributed by atoms with Crippen molar-refractivity contribution in [2.45, 2.75) is 31.3 Å². The number of pyridine rings is 1. The third-order valence-electron chi connectivity index (χ3n) is 4.49. The number of nitrogens with zero attached hydrogens (tertiary/aromatic N) is 5. The summed E-state index contributed by atoms with van der Waals surface area (Å²) in [6, 6.07) is 14.0. The Morgan fingerprint density at radius 2 is 1.97 bits per heavy atom. The molecule has 0 unspecified atom stereocenters. The summed E-state index contributed by atoms with van der Waals surface area (Å²) >= 11 is 1.63. The molecule has 4 aromatic rings. The van der Waals surface area contributed by atoms with Crippen LogP contribution < -0.4 is 4.74 Å². The Balaban J connectivity index is 1.51. The minimum atomic E-state index is 0.493. The Morgan fingerprint density at radius 3 is 2.70 bits per heavy atom. The maximum absolute atomic E-state index is 5.78. The van der Waals surface area contributed by atoms with Gasteiger partial charge in [-0.1, -0.05) is 37.8 Å². The van der Waals surface area contributed by atoms with E-state index >= 15 is 0 Å². The monoisotopic (exact) mass is 419 g/mol. The fourth-order valence-electron chi connectivity index (χ4n) is 3.06. The van der Waals surface area contributed by atoms with Crippen molar-refractivity contribution in [1.82, 2.24) is 24.1 Å². The van der Waals surface area contributed by atoms with Gasteiger partial charge in [-0.15, -0.1) is 16.8 Å². The zero-order chi connectivity index (χ0) is 20.9. The predicted molar refractivity (Wildman–Crippen MR) is 121 cm³/mol. The van der Waals surface area contributed by atoms with E-state index in [1.807, 2.05) is 65.3 Å². The lowest BCUT2D eigenvalue weighted by Gasteiger charge is -2.10. The number of allylic oxidation sites excluding steroid dienone is 1. The first kappa shape index (κ1) is 20.2. The standard InChI is InChI=1S/C23H25N5OS/c1-4-12-28-22(18-8-10-20(11-9-18)29-15-17(2)3)25-26-23(28)30-16-19-14-27-13-6-5-7-21(27)24-19/h4-11,13-14,17H,1,12,15-16H2,2-3H3. The van der Waals surface area contributed by atoms with Crippen LogP contribution in [0.1, 0.15) is 19.5 Å². The molecular weight excluding hydrogens is 394 g/mol. The quantitative estimate of drug-likeness (QED) is 0.279. The molecule has 0 spiro atoms. The highest BCUT2D eigenvalue weighted by atomic mass is 32.2. The van der Waals surface area contributed by atoms with Crippen molar-refractivity contribution in [2.75, 3.05) is 6.61 Å². The lowest BCUT2D eigenvalue weighted by molar-refractivity contribution is 0.271. The highest BCUT2D eigenvalue weighted by Gasteiger charge is 2.14. The Bertz CT molecular complexity index is 1100. The van der Waals surface area contributed by atoms with Crippen LogP contribution >= 0.6 is 11.8 Å². The molecule has 0 aliphatic carbocycles. The summed E-state index contributed by atoms with van der Waals surface area (Å²) in [6.07, 6.45) is 5.92.